The summed E-state index contributed by atoms with van der Waals surface area (Å²) < 4.78 is 0. The average molecular weight is 202 g/mol. The van der Waals surface area contributed by atoms with E-state index in [-0.39, 0.29) is 5.69 Å². The zero-order chi connectivity index (χ0) is 11.0. The molecule has 0 radical (unpaired) electrons. The van der Waals surface area contributed by atoms with Gasteiger partial charge in [0.15, 0.2) is 5.69 Å². The summed E-state index contributed by atoms with van der Waals surface area (Å²) in [4.78, 5) is 10.7. The summed E-state index contributed by atoms with van der Waals surface area (Å²) in [5, 5.41) is 17.2. The Morgan fingerprint density at radius 3 is 2.60 bits per heavy atom. The van der Waals surface area contributed by atoms with Crippen LogP contribution in [-0.4, -0.2) is 21.3 Å². The van der Waals surface area contributed by atoms with E-state index in [1.165, 1.54) is 0 Å². The van der Waals surface area contributed by atoms with E-state index in [1.54, 1.807) is 6.07 Å². The molecule has 4 heteroatoms. The molecule has 1 aromatic carbocycles. The number of hydrogen-bond donors (Lipinski definition) is 1. The van der Waals surface area contributed by atoms with Gasteiger partial charge in [0.1, 0.15) is 0 Å². The highest BCUT2D eigenvalue weighted by Gasteiger charge is 2.08. The molecule has 1 N–H and O–H groups in total. The lowest BCUT2D eigenvalue weighted by atomic mass is 10.1. The van der Waals surface area contributed by atoms with Gasteiger partial charge in [0.25, 0.3) is 0 Å². The predicted molar refractivity (Wildman–Crippen MR) is 56.0 cm³/mol. The van der Waals surface area contributed by atoms with Crippen molar-refractivity contribution in [2.45, 2.75) is 13.8 Å². The minimum Gasteiger partial charge on any atom is -0.476 e. The molecule has 0 aliphatic carbocycles. The minimum absolute atomic E-state index is 0.0190. The Kier molecular flexibility index (Phi) is 2.11. The quantitative estimate of drug-likeness (QED) is 0.767. The molecule has 0 saturated carbocycles. The first-order valence-electron chi connectivity index (χ1n) is 4.56. The zero-order valence-electron chi connectivity index (χ0n) is 8.48. The Balaban J connectivity index is 2.76. The highest BCUT2D eigenvalue weighted by molar-refractivity contribution is 5.91. The Morgan fingerprint density at radius 2 is 1.93 bits per heavy atom. The lowest BCUT2D eigenvalue weighted by molar-refractivity contribution is 0.0689. The Morgan fingerprint density at radius 1 is 1.20 bits per heavy atom. The van der Waals surface area contributed by atoms with Gasteiger partial charge in [-0.3, -0.25) is 0 Å². The van der Waals surface area contributed by atoms with E-state index in [1.807, 2.05) is 26.0 Å². The van der Waals surface area contributed by atoms with Crippen LogP contribution in [0.15, 0.2) is 18.2 Å². The van der Waals surface area contributed by atoms with E-state index in [0.717, 1.165) is 22.0 Å². The third-order valence-corrected chi connectivity index (χ3v) is 2.28. The molecular formula is C11H10N2O2. The molecule has 2 aromatic rings. The summed E-state index contributed by atoms with van der Waals surface area (Å²) in [6.07, 6.45) is 0. The molecule has 0 amide bonds. The molecule has 15 heavy (non-hydrogen) atoms. The van der Waals surface area contributed by atoms with E-state index in [4.69, 9.17) is 5.11 Å². The number of benzene rings is 1. The number of carboxylic acid groups (broad SMARTS) is 1. The van der Waals surface area contributed by atoms with Crippen molar-refractivity contribution in [3.05, 3.63) is 35.0 Å². The summed E-state index contributed by atoms with van der Waals surface area (Å²) in [6, 6.07) is 5.44. The van der Waals surface area contributed by atoms with Gasteiger partial charge in [-0.1, -0.05) is 6.07 Å². The first-order valence-corrected chi connectivity index (χ1v) is 4.56. The van der Waals surface area contributed by atoms with Crippen LogP contribution in [0.25, 0.3) is 10.9 Å². The summed E-state index contributed by atoms with van der Waals surface area (Å²) in [7, 11) is 0. The van der Waals surface area contributed by atoms with Crippen molar-refractivity contribution in [3.8, 4) is 0 Å². The fourth-order valence-corrected chi connectivity index (χ4v) is 1.60. The maximum absolute atomic E-state index is 10.7. The minimum atomic E-state index is -1.05. The third-order valence-electron chi connectivity index (χ3n) is 2.28. The van der Waals surface area contributed by atoms with Crippen LogP contribution in [0.5, 0.6) is 0 Å². The lowest BCUT2D eigenvalue weighted by Crippen LogP contribution is -2.02. The number of hydrogen-bond acceptors (Lipinski definition) is 3. The van der Waals surface area contributed by atoms with Gasteiger partial charge in [0.2, 0.25) is 0 Å². The molecule has 1 aromatic heterocycles. The normalized spacial score (nSPS) is 10.5. The molecule has 0 saturated heterocycles. The number of aryl methyl sites for hydroxylation is 2. The zero-order valence-corrected chi connectivity index (χ0v) is 8.48. The molecule has 2 rings (SSSR count). The van der Waals surface area contributed by atoms with Crippen molar-refractivity contribution in [3.63, 3.8) is 0 Å². The third kappa shape index (κ3) is 1.66. The second-order valence-electron chi connectivity index (χ2n) is 3.55. The van der Waals surface area contributed by atoms with Crippen molar-refractivity contribution in [1.29, 1.82) is 0 Å². The van der Waals surface area contributed by atoms with Gasteiger partial charge < -0.3 is 5.11 Å². The molecule has 0 aliphatic heterocycles. The molecule has 76 valence electrons. The molecule has 0 fully saturated rings. The standard InChI is InChI=1S/C11H10N2O2/c1-6-3-7(2)8-5-10(11(14)15)13-12-9(8)4-6/h3-5H,1-2H3,(H,14,15). The SMILES string of the molecule is Cc1cc(C)c2cc(C(=O)O)nnc2c1. The molecule has 0 unspecified atom stereocenters. The van der Waals surface area contributed by atoms with Crippen LogP contribution in [0.3, 0.4) is 0 Å². The number of carboxylic acids is 1. The van der Waals surface area contributed by atoms with Crippen LogP contribution in [0.1, 0.15) is 21.6 Å². The smallest absolute Gasteiger partial charge is 0.356 e. The van der Waals surface area contributed by atoms with Crippen molar-refractivity contribution in [1.82, 2.24) is 10.2 Å². The van der Waals surface area contributed by atoms with Gasteiger partial charge in [0, 0.05) is 5.39 Å². The van der Waals surface area contributed by atoms with E-state index < -0.39 is 5.97 Å². The monoisotopic (exact) mass is 202 g/mol. The number of aromatic carboxylic acids is 1. The first kappa shape index (κ1) is 9.58. The summed E-state index contributed by atoms with van der Waals surface area (Å²) in [6.45, 7) is 3.90. The highest BCUT2D eigenvalue weighted by Crippen LogP contribution is 2.18. The summed E-state index contributed by atoms with van der Waals surface area (Å²) in [5.41, 5.74) is 2.83. The van der Waals surface area contributed by atoms with Gasteiger partial charge in [-0.25, -0.2) is 4.79 Å². The lowest BCUT2D eigenvalue weighted by Gasteiger charge is -2.03. The van der Waals surface area contributed by atoms with E-state index in [0.29, 0.717) is 0 Å². The van der Waals surface area contributed by atoms with Crippen molar-refractivity contribution < 1.29 is 9.90 Å². The van der Waals surface area contributed by atoms with Gasteiger partial charge in [0.05, 0.1) is 5.52 Å². The number of aromatic nitrogens is 2. The molecule has 4 nitrogen and oxygen atoms in total. The molecule has 0 atom stereocenters. The maximum atomic E-state index is 10.7. The highest BCUT2D eigenvalue weighted by atomic mass is 16.4. The fourth-order valence-electron chi connectivity index (χ4n) is 1.60. The molecular weight excluding hydrogens is 192 g/mol. The molecule has 0 bridgehead atoms. The van der Waals surface area contributed by atoms with Gasteiger partial charge in [-0.2, -0.15) is 0 Å². The topological polar surface area (TPSA) is 63.1 Å². The van der Waals surface area contributed by atoms with E-state index in [2.05, 4.69) is 10.2 Å². The van der Waals surface area contributed by atoms with Crippen LogP contribution in [0, 0.1) is 13.8 Å². The van der Waals surface area contributed by atoms with Gasteiger partial charge in [-0.15, -0.1) is 10.2 Å². The second kappa shape index (κ2) is 3.31. The van der Waals surface area contributed by atoms with Gasteiger partial charge >= 0.3 is 5.97 Å². The maximum Gasteiger partial charge on any atom is 0.356 e. The average Bonchev–Trinajstić information content (AvgIpc) is 2.16. The van der Waals surface area contributed by atoms with Crippen LogP contribution < -0.4 is 0 Å². The number of nitrogens with zero attached hydrogens (tertiary/aromatic N) is 2. The molecule has 0 spiro atoms. The van der Waals surface area contributed by atoms with Gasteiger partial charge in [-0.05, 0) is 37.1 Å². The van der Waals surface area contributed by atoms with Crippen molar-refractivity contribution in [2.75, 3.05) is 0 Å². The van der Waals surface area contributed by atoms with E-state index in [9.17, 15) is 4.79 Å². The number of carbonyl (C=O) groups is 1. The first-order chi connectivity index (χ1) is 7.08. The Bertz CT molecular complexity index is 550. The Labute approximate surface area is 86.6 Å². The summed E-state index contributed by atoms with van der Waals surface area (Å²) >= 11 is 0. The predicted octanol–water partition coefficient (Wildman–Crippen LogP) is 1.94. The number of fused-ring (bicyclic) bond motifs is 1. The molecule has 0 aliphatic rings. The van der Waals surface area contributed by atoms with E-state index >= 15 is 0 Å². The Hall–Kier alpha value is -1.97. The second-order valence-corrected chi connectivity index (χ2v) is 3.55. The van der Waals surface area contributed by atoms with Crippen LogP contribution >= 0.6 is 0 Å². The van der Waals surface area contributed by atoms with Crippen molar-refractivity contribution >= 4 is 16.9 Å². The van der Waals surface area contributed by atoms with Crippen LogP contribution in [-0.2, 0) is 0 Å². The molecule has 1 heterocycles. The largest absolute Gasteiger partial charge is 0.476 e. The fraction of sp³-hybridized carbons (Fsp3) is 0.182. The van der Waals surface area contributed by atoms with Crippen LogP contribution in [0.2, 0.25) is 0 Å². The number of rotatable bonds is 1. The van der Waals surface area contributed by atoms with Crippen LogP contribution in [0.4, 0.5) is 0 Å². The van der Waals surface area contributed by atoms with Crippen molar-refractivity contribution in [2.24, 2.45) is 0 Å². The summed E-state index contributed by atoms with van der Waals surface area (Å²) in [5.74, 6) is -1.05.